The number of nitrogens with one attached hydrogen (secondary N) is 1. The van der Waals surface area contributed by atoms with Crippen LogP contribution in [0.4, 0.5) is 0 Å². The van der Waals surface area contributed by atoms with Crippen LogP contribution >= 0.6 is 0 Å². The molecule has 2 aliphatic heterocycles. The summed E-state index contributed by atoms with van der Waals surface area (Å²) in [6.07, 6.45) is 3.94. The van der Waals surface area contributed by atoms with Crippen LogP contribution in [0.2, 0.25) is 0 Å². The van der Waals surface area contributed by atoms with E-state index in [4.69, 9.17) is 0 Å². The summed E-state index contributed by atoms with van der Waals surface area (Å²) in [4.78, 5) is 33.1. The van der Waals surface area contributed by atoms with Crippen molar-refractivity contribution >= 4 is 11.8 Å². The highest BCUT2D eigenvalue weighted by Gasteiger charge is 2.57. The maximum absolute atomic E-state index is 13.5. The molecule has 1 aromatic heterocycles. The molecule has 1 N–H and O–H groups in total. The van der Waals surface area contributed by atoms with Crippen molar-refractivity contribution in [3.05, 3.63) is 59.9 Å². The normalized spacial score (nSPS) is 26.8. The molecule has 2 fully saturated rings. The first-order valence-electron chi connectivity index (χ1n) is 8.41. The van der Waals surface area contributed by atoms with E-state index in [0.29, 0.717) is 13.0 Å². The fraction of sp³-hybridized carbons (Fsp3) is 0.368. The number of fused-ring (bicyclic) bond motifs is 1. The number of nitrogens with zero attached hydrogens (tertiary/aromatic N) is 2. The van der Waals surface area contributed by atoms with Gasteiger partial charge in [0.05, 0.1) is 5.69 Å². The minimum absolute atomic E-state index is 0.0263. The highest BCUT2D eigenvalue weighted by Crippen LogP contribution is 2.40. The minimum atomic E-state index is -0.997. The van der Waals surface area contributed by atoms with Gasteiger partial charge in [-0.3, -0.25) is 9.59 Å². The van der Waals surface area contributed by atoms with E-state index in [2.05, 4.69) is 4.98 Å². The van der Waals surface area contributed by atoms with Crippen molar-refractivity contribution < 1.29 is 9.59 Å². The molecule has 5 heteroatoms. The van der Waals surface area contributed by atoms with Gasteiger partial charge in [0.2, 0.25) is 5.91 Å². The lowest BCUT2D eigenvalue weighted by Crippen LogP contribution is -2.68. The molecule has 0 aliphatic carbocycles. The lowest BCUT2D eigenvalue weighted by molar-refractivity contribution is -0.167. The van der Waals surface area contributed by atoms with E-state index in [-0.39, 0.29) is 17.9 Å². The van der Waals surface area contributed by atoms with Crippen LogP contribution in [0.15, 0.2) is 48.7 Å². The SMILES string of the molecule is CN1C(=O)[C@@H]2CCCN2C(=O)[C@@]1(Cc1ccccc1)c1ccc[nH]1. The van der Waals surface area contributed by atoms with Crippen LogP contribution in [0.3, 0.4) is 0 Å². The number of hydrogen-bond acceptors (Lipinski definition) is 2. The van der Waals surface area contributed by atoms with Gasteiger partial charge in [-0.2, -0.15) is 0 Å². The van der Waals surface area contributed by atoms with Crippen LogP contribution in [0.25, 0.3) is 0 Å². The van der Waals surface area contributed by atoms with Crippen molar-refractivity contribution in [2.24, 2.45) is 0 Å². The first-order valence-corrected chi connectivity index (χ1v) is 8.41. The number of carbonyl (C=O) groups is 2. The molecule has 0 unspecified atom stereocenters. The Bertz CT molecular complexity index is 756. The highest BCUT2D eigenvalue weighted by atomic mass is 16.2. The fourth-order valence-electron chi connectivity index (χ4n) is 4.12. The Labute approximate surface area is 141 Å². The number of aromatic nitrogens is 1. The van der Waals surface area contributed by atoms with Crippen LogP contribution in [0, 0.1) is 0 Å². The van der Waals surface area contributed by atoms with Gasteiger partial charge in [0.1, 0.15) is 6.04 Å². The van der Waals surface area contributed by atoms with E-state index in [9.17, 15) is 9.59 Å². The number of likely N-dealkylation sites (N-methyl/N-ethyl adjacent to an activating group) is 1. The third kappa shape index (κ3) is 2.00. The molecule has 124 valence electrons. The molecule has 2 saturated heterocycles. The lowest BCUT2D eigenvalue weighted by Gasteiger charge is -2.49. The Morgan fingerprint density at radius 1 is 1.17 bits per heavy atom. The predicted octanol–water partition coefficient (Wildman–Crippen LogP) is 1.92. The van der Waals surface area contributed by atoms with E-state index < -0.39 is 5.54 Å². The summed E-state index contributed by atoms with van der Waals surface area (Å²) in [5.41, 5.74) is 0.818. The summed E-state index contributed by atoms with van der Waals surface area (Å²) in [5, 5.41) is 0. The van der Waals surface area contributed by atoms with E-state index in [1.54, 1.807) is 16.8 Å². The summed E-state index contributed by atoms with van der Waals surface area (Å²) in [6, 6.07) is 13.4. The van der Waals surface area contributed by atoms with Gasteiger partial charge in [0, 0.05) is 26.2 Å². The van der Waals surface area contributed by atoms with Gasteiger partial charge in [0.25, 0.3) is 5.91 Å². The zero-order chi connectivity index (χ0) is 16.7. The zero-order valence-electron chi connectivity index (χ0n) is 13.7. The molecule has 2 aliphatic rings. The topological polar surface area (TPSA) is 56.4 Å². The quantitative estimate of drug-likeness (QED) is 0.938. The molecule has 1 aromatic carbocycles. The number of carbonyl (C=O) groups excluding carboxylic acids is 2. The number of benzene rings is 1. The van der Waals surface area contributed by atoms with E-state index in [0.717, 1.165) is 24.1 Å². The molecule has 0 bridgehead atoms. The summed E-state index contributed by atoms with van der Waals surface area (Å²) >= 11 is 0. The standard InChI is InChI=1S/C19H21N3O2/c1-21-17(23)15-9-6-12-22(15)18(24)19(21,16-10-5-11-20-16)13-14-7-3-2-4-8-14/h2-5,7-8,10-11,15,20H,6,9,12-13H2,1H3/t15-,19+/m0/s1. The number of H-pyrrole nitrogens is 1. The molecular formula is C19H21N3O2. The van der Waals surface area contributed by atoms with E-state index in [1.807, 2.05) is 48.7 Å². The Morgan fingerprint density at radius 2 is 1.96 bits per heavy atom. The number of amides is 2. The van der Waals surface area contributed by atoms with Gasteiger partial charge in [-0.15, -0.1) is 0 Å². The Kier molecular flexibility index (Phi) is 3.44. The van der Waals surface area contributed by atoms with E-state index >= 15 is 0 Å². The third-order valence-electron chi connectivity index (χ3n) is 5.40. The average Bonchev–Trinajstić information content (AvgIpc) is 3.29. The maximum atomic E-state index is 13.5. The van der Waals surface area contributed by atoms with Crippen LogP contribution in [0.1, 0.15) is 24.1 Å². The summed E-state index contributed by atoms with van der Waals surface area (Å²) in [6.45, 7) is 0.667. The van der Waals surface area contributed by atoms with Crippen LogP contribution < -0.4 is 0 Å². The number of piperazine rings is 1. The lowest BCUT2D eigenvalue weighted by atomic mass is 9.81. The Morgan fingerprint density at radius 3 is 2.67 bits per heavy atom. The van der Waals surface area contributed by atoms with Crippen molar-refractivity contribution in [3.8, 4) is 0 Å². The van der Waals surface area contributed by atoms with Crippen molar-refractivity contribution in [1.82, 2.24) is 14.8 Å². The van der Waals surface area contributed by atoms with Gasteiger partial charge < -0.3 is 14.8 Å². The van der Waals surface area contributed by atoms with Crippen molar-refractivity contribution in [2.45, 2.75) is 30.8 Å². The van der Waals surface area contributed by atoms with Crippen LogP contribution in [0.5, 0.6) is 0 Å². The molecule has 2 aromatic rings. The second-order valence-corrected chi connectivity index (χ2v) is 6.66. The van der Waals surface area contributed by atoms with E-state index in [1.165, 1.54) is 0 Å². The van der Waals surface area contributed by atoms with Crippen molar-refractivity contribution in [1.29, 1.82) is 0 Å². The second-order valence-electron chi connectivity index (χ2n) is 6.66. The molecule has 24 heavy (non-hydrogen) atoms. The number of aromatic amines is 1. The Balaban J connectivity index is 1.85. The molecule has 3 heterocycles. The van der Waals surface area contributed by atoms with Gasteiger partial charge in [-0.05, 0) is 30.5 Å². The summed E-state index contributed by atoms with van der Waals surface area (Å²) < 4.78 is 0. The molecule has 2 amide bonds. The molecule has 2 atom stereocenters. The molecule has 0 radical (unpaired) electrons. The average molecular weight is 323 g/mol. The smallest absolute Gasteiger partial charge is 0.255 e. The summed E-state index contributed by atoms with van der Waals surface area (Å²) in [7, 11) is 1.76. The predicted molar refractivity (Wildman–Crippen MR) is 90.1 cm³/mol. The summed E-state index contributed by atoms with van der Waals surface area (Å²) in [5.74, 6) is 0.0658. The molecule has 4 rings (SSSR count). The van der Waals surface area contributed by atoms with Gasteiger partial charge >= 0.3 is 0 Å². The molecule has 5 nitrogen and oxygen atoms in total. The van der Waals surface area contributed by atoms with Gasteiger partial charge in [-0.25, -0.2) is 0 Å². The maximum Gasteiger partial charge on any atom is 0.255 e. The minimum Gasteiger partial charge on any atom is -0.363 e. The van der Waals surface area contributed by atoms with Crippen molar-refractivity contribution in [3.63, 3.8) is 0 Å². The molecular weight excluding hydrogens is 302 g/mol. The second kappa shape index (κ2) is 5.51. The van der Waals surface area contributed by atoms with Gasteiger partial charge in [0.15, 0.2) is 5.54 Å². The Hall–Kier alpha value is -2.56. The van der Waals surface area contributed by atoms with Crippen LogP contribution in [-0.4, -0.2) is 46.2 Å². The largest absolute Gasteiger partial charge is 0.363 e. The van der Waals surface area contributed by atoms with Gasteiger partial charge in [-0.1, -0.05) is 30.3 Å². The van der Waals surface area contributed by atoms with Crippen molar-refractivity contribution in [2.75, 3.05) is 13.6 Å². The molecule has 0 saturated carbocycles. The molecule has 0 spiro atoms. The zero-order valence-corrected chi connectivity index (χ0v) is 13.7. The van der Waals surface area contributed by atoms with Crippen LogP contribution in [-0.2, 0) is 21.5 Å². The first kappa shape index (κ1) is 15.0. The first-order chi connectivity index (χ1) is 11.6. The monoisotopic (exact) mass is 323 g/mol. The number of hydrogen-bond donors (Lipinski definition) is 1. The fourth-order valence-corrected chi connectivity index (χ4v) is 4.12. The number of rotatable bonds is 3. The highest BCUT2D eigenvalue weighted by molar-refractivity contribution is 6.00. The third-order valence-corrected chi connectivity index (χ3v) is 5.40.